The average molecular weight is 241 g/mol. The van der Waals surface area contributed by atoms with E-state index in [2.05, 4.69) is 23.5 Å². The molecule has 3 heterocycles. The van der Waals surface area contributed by atoms with E-state index in [-0.39, 0.29) is 0 Å². The first-order chi connectivity index (χ1) is 8.88. The van der Waals surface area contributed by atoms with Gasteiger partial charge in [-0.3, -0.25) is 0 Å². The highest BCUT2D eigenvalue weighted by Gasteiger charge is 2.58. The third kappa shape index (κ3) is 0.969. The highest BCUT2D eigenvalue weighted by atomic mass is 16.5. The van der Waals surface area contributed by atoms with Gasteiger partial charge in [-0.05, 0) is 67.8 Å². The molecule has 3 aliphatic heterocycles. The summed E-state index contributed by atoms with van der Waals surface area (Å²) in [4.78, 5) is 0. The first-order valence-electron chi connectivity index (χ1n) is 7.41. The Morgan fingerprint density at radius 2 is 2.28 bits per heavy atom. The van der Waals surface area contributed by atoms with Crippen LogP contribution in [0.1, 0.15) is 36.8 Å². The minimum Gasteiger partial charge on any atom is -0.489 e. The third-order valence-corrected chi connectivity index (χ3v) is 5.94. The van der Waals surface area contributed by atoms with Crippen molar-refractivity contribution in [1.82, 2.24) is 5.32 Å². The molecule has 1 aromatic carbocycles. The Kier molecular flexibility index (Phi) is 1.70. The highest BCUT2D eigenvalue weighted by molar-refractivity contribution is 5.48. The fraction of sp³-hybridized carbons (Fsp3) is 0.625. The zero-order valence-corrected chi connectivity index (χ0v) is 10.6. The van der Waals surface area contributed by atoms with Crippen molar-refractivity contribution in [3.05, 3.63) is 29.3 Å². The summed E-state index contributed by atoms with van der Waals surface area (Å²) in [5.41, 5.74) is 3.54. The van der Waals surface area contributed by atoms with Gasteiger partial charge in [-0.25, -0.2) is 0 Å². The lowest BCUT2D eigenvalue weighted by Gasteiger charge is -2.57. The molecule has 5 aliphatic rings. The van der Waals surface area contributed by atoms with Crippen molar-refractivity contribution in [2.24, 2.45) is 5.92 Å². The van der Waals surface area contributed by atoms with Crippen molar-refractivity contribution >= 4 is 0 Å². The Labute approximate surface area is 108 Å². The standard InChI is InChI=1S/C16H19NO/c1-2-13-14-9-10-8-11-4-5-12(10)16(13,6-7-17-14)15(3-1)18-11/h4-5,8,13-15,17H,1-3,6-7,9H2/t13-,14+,15?,16+/m0/s1. The monoisotopic (exact) mass is 241 g/mol. The zero-order chi connectivity index (χ0) is 11.7. The molecule has 2 fully saturated rings. The summed E-state index contributed by atoms with van der Waals surface area (Å²) < 4.78 is 6.37. The summed E-state index contributed by atoms with van der Waals surface area (Å²) in [5, 5.41) is 3.77. The second-order valence-corrected chi connectivity index (χ2v) is 6.52. The van der Waals surface area contributed by atoms with Crippen molar-refractivity contribution in [3.8, 4) is 5.75 Å². The summed E-state index contributed by atoms with van der Waals surface area (Å²) >= 11 is 0. The third-order valence-electron chi connectivity index (χ3n) is 5.94. The van der Waals surface area contributed by atoms with Gasteiger partial charge in [0.15, 0.2) is 0 Å². The summed E-state index contributed by atoms with van der Waals surface area (Å²) in [6.07, 6.45) is 6.89. The van der Waals surface area contributed by atoms with E-state index in [9.17, 15) is 0 Å². The van der Waals surface area contributed by atoms with Crippen molar-refractivity contribution in [3.63, 3.8) is 0 Å². The van der Waals surface area contributed by atoms with Crippen molar-refractivity contribution < 1.29 is 4.74 Å². The Balaban J connectivity index is 1.83. The molecule has 1 unspecified atom stereocenters. The van der Waals surface area contributed by atoms with Gasteiger partial charge in [-0.1, -0.05) is 6.07 Å². The minimum absolute atomic E-state index is 0.340. The van der Waals surface area contributed by atoms with Crippen molar-refractivity contribution in [2.45, 2.75) is 49.7 Å². The largest absolute Gasteiger partial charge is 0.489 e. The maximum Gasteiger partial charge on any atom is 0.120 e. The van der Waals surface area contributed by atoms with Crippen LogP contribution in [0.3, 0.4) is 0 Å². The van der Waals surface area contributed by atoms with Crippen LogP contribution in [0.2, 0.25) is 0 Å². The SMILES string of the molecule is c1cc2c3cc1OC1CCC[C@H]4[C@@H](C3)NCC[C@]214. The predicted molar refractivity (Wildman–Crippen MR) is 70.0 cm³/mol. The second kappa shape index (κ2) is 3.11. The Morgan fingerprint density at radius 1 is 1.28 bits per heavy atom. The van der Waals surface area contributed by atoms with Crippen LogP contribution in [0, 0.1) is 5.92 Å². The van der Waals surface area contributed by atoms with E-state index in [0.29, 0.717) is 17.6 Å². The summed E-state index contributed by atoms with van der Waals surface area (Å²) in [6, 6.07) is 7.59. The zero-order valence-electron chi connectivity index (χ0n) is 10.6. The van der Waals surface area contributed by atoms with E-state index in [0.717, 1.165) is 11.7 Å². The number of hydrogen-bond donors (Lipinski definition) is 1. The van der Waals surface area contributed by atoms with Crippen LogP contribution in [0.25, 0.3) is 0 Å². The molecule has 6 rings (SSSR count). The van der Waals surface area contributed by atoms with E-state index in [1.54, 1.807) is 11.1 Å². The number of ether oxygens (including phenoxy) is 1. The molecule has 0 radical (unpaired) electrons. The Hall–Kier alpha value is -1.02. The number of rotatable bonds is 0. The normalized spacial score (nSPS) is 43.2. The van der Waals surface area contributed by atoms with E-state index < -0.39 is 0 Å². The van der Waals surface area contributed by atoms with Gasteiger partial charge >= 0.3 is 0 Å². The molecule has 2 aliphatic carbocycles. The molecule has 1 saturated carbocycles. The maximum atomic E-state index is 6.37. The van der Waals surface area contributed by atoms with Gasteiger partial charge in [0.25, 0.3) is 0 Å². The highest BCUT2D eigenvalue weighted by Crippen LogP contribution is 2.56. The van der Waals surface area contributed by atoms with Crippen LogP contribution in [0.5, 0.6) is 5.75 Å². The molecule has 1 N–H and O–H groups in total. The molecule has 1 aromatic rings. The summed E-state index contributed by atoms with van der Waals surface area (Å²) in [7, 11) is 0. The van der Waals surface area contributed by atoms with E-state index in [4.69, 9.17) is 4.74 Å². The lowest BCUT2D eigenvalue weighted by Crippen LogP contribution is -2.64. The van der Waals surface area contributed by atoms with Gasteiger partial charge in [0, 0.05) is 11.5 Å². The van der Waals surface area contributed by atoms with Gasteiger partial charge in [0.05, 0.1) is 0 Å². The average Bonchev–Trinajstić information content (AvgIpc) is 2.61. The molecule has 18 heavy (non-hydrogen) atoms. The minimum atomic E-state index is 0.340. The van der Waals surface area contributed by atoms with Crippen LogP contribution in [0.4, 0.5) is 0 Å². The molecule has 2 heteroatoms. The first kappa shape index (κ1) is 9.85. The lowest BCUT2D eigenvalue weighted by atomic mass is 9.52. The van der Waals surface area contributed by atoms with Gasteiger partial charge in [0.1, 0.15) is 11.9 Å². The van der Waals surface area contributed by atoms with Gasteiger partial charge < -0.3 is 10.1 Å². The topological polar surface area (TPSA) is 21.3 Å². The Bertz CT molecular complexity index is 526. The van der Waals surface area contributed by atoms with E-state index in [1.807, 2.05) is 0 Å². The smallest absolute Gasteiger partial charge is 0.120 e. The fourth-order valence-electron chi connectivity index (χ4n) is 5.34. The molecule has 4 atom stereocenters. The van der Waals surface area contributed by atoms with Crippen LogP contribution in [0.15, 0.2) is 18.2 Å². The number of nitrogens with one attached hydrogen (secondary N) is 1. The van der Waals surface area contributed by atoms with Gasteiger partial charge in [-0.15, -0.1) is 0 Å². The molecular formula is C16H19NO. The van der Waals surface area contributed by atoms with E-state index >= 15 is 0 Å². The quantitative estimate of drug-likeness (QED) is 0.753. The summed E-state index contributed by atoms with van der Waals surface area (Å²) in [5.74, 6) is 1.92. The molecule has 0 amide bonds. The maximum absolute atomic E-state index is 6.37. The van der Waals surface area contributed by atoms with Crippen LogP contribution < -0.4 is 10.1 Å². The molecule has 2 nitrogen and oxygen atoms in total. The molecular weight excluding hydrogens is 222 g/mol. The number of benzene rings is 1. The second-order valence-electron chi connectivity index (χ2n) is 6.52. The summed E-state index contributed by atoms with van der Waals surface area (Å²) in [6.45, 7) is 1.17. The van der Waals surface area contributed by atoms with Crippen LogP contribution >= 0.6 is 0 Å². The van der Waals surface area contributed by atoms with E-state index in [1.165, 1.54) is 38.6 Å². The molecule has 5 bridgehead atoms. The molecule has 94 valence electrons. The van der Waals surface area contributed by atoms with Crippen LogP contribution in [-0.4, -0.2) is 18.7 Å². The predicted octanol–water partition coefficient (Wildman–Crippen LogP) is 2.40. The molecule has 0 aromatic heterocycles. The first-order valence-corrected chi connectivity index (χ1v) is 7.41. The number of fused-ring (bicyclic) bond motifs is 1. The van der Waals surface area contributed by atoms with Gasteiger partial charge in [0.2, 0.25) is 0 Å². The lowest BCUT2D eigenvalue weighted by molar-refractivity contribution is -0.0197. The van der Waals surface area contributed by atoms with Crippen molar-refractivity contribution in [1.29, 1.82) is 0 Å². The number of piperidine rings is 1. The van der Waals surface area contributed by atoms with Gasteiger partial charge in [-0.2, -0.15) is 0 Å². The number of hydrogen-bond acceptors (Lipinski definition) is 2. The Morgan fingerprint density at radius 3 is 3.28 bits per heavy atom. The van der Waals surface area contributed by atoms with Crippen LogP contribution in [-0.2, 0) is 11.8 Å². The fourth-order valence-corrected chi connectivity index (χ4v) is 5.34. The van der Waals surface area contributed by atoms with Crippen molar-refractivity contribution in [2.75, 3.05) is 6.54 Å². The molecule has 1 spiro atoms. The molecule has 1 saturated heterocycles.